The number of rotatable bonds is 6. The molecule has 0 heterocycles. The van der Waals surface area contributed by atoms with Crippen LogP contribution in [0.4, 0.5) is 0 Å². The van der Waals surface area contributed by atoms with Crippen LogP contribution in [0.15, 0.2) is 0 Å². The molecule has 0 saturated heterocycles. The van der Waals surface area contributed by atoms with Gasteiger partial charge in [0.05, 0.1) is 0 Å². The summed E-state index contributed by atoms with van der Waals surface area (Å²) in [5.74, 6) is -0.145. The number of nitrogens with zero attached hydrogens (tertiary/aromatic N) is 1. The van der Waals surface area contributed by atoms with Gasteiger partial charge in [0, 0.05) is 13.0 Å². The smallest absolute Gasteiger partial charge is 0.323 e. The minimum Gasteiger partial charge on any atom is -0.480 e. The Kier molecular flexibility index (Phi) is 6.89. The Morgan fingerprint density at radius 2 is 1.74 bits per heavy atom. The average Bonchev–Trinajstić information content (AvgIpc) is 2.55. The Hall–Kier alpha value is -1.06. The van der Waals surface area contributed by atoms with E-state index in [0.29, 0.717) is 24.8 Å². The van der Waals surface area contributed by atoms with Gasteiger partial charge in [-0.05, 0) is 24.7 Å². The normalized spacial score (nSPS) is 17.2. The maximum absolute atomic E-state index is 12.3. The van der Waals surface area contributed by atoms with Crippen LogP contribution in [0.2, 0.25) is 0 Å². The first-order chi connectivity index (χ1) is 8.99. The lowest BCUT2D eigenvalue weighted by atomic mass is 9.96. The Morgan fingerprint density at radius 3 is 2.21 bits per heavy atom. The molecular weight excluding hydrogens is 242 g/mol. The Morgan fingerprint density at radius 1 is 1.16 bits per heavy atom. The SMILES string of the molecule is CC(C)CN(CC(=O)O)C(=O)CC1CCCCCC1. The first-order valence-electron chi connectivity index (χ1n) is 7.48. The van der Waals surface area contributed by atoms with Crippen molar-refractivity contribution in [3.8, 4) is 0 Å². The molecule has 0 aromatic heterocycles. The summed E-state index contributed by atoms with van der Waals surface area (Å²) < 4.78 is 0. The molecule has 0 aromatic carbocycles. The molecule has 0 bridgehead atoms. The van der Waals surface area contributed by atoms with Crippen molar-refractivity contribution in [2.24, 2.45) is 11.8 Å². The van der Waals surface area contributed by atoms with Gasteiger partial charge in [0.1, 0.15) is 6.54 Å². The second-order valence-corrected chi connectivity index (χ2v) is 6.12. The molecule has 0 spiro atoms. The predicted octanol–water partition coefficient (Wildman–Crippen LogP) is 2.92. The van der Waals surface area contributed by atoms with Crippen molar-refractivity contribution in [3.63, 3.8) is 0 Å². The zero-order chi connectivity index (χ0) is 14.3. The zero-order valence-electron chi connectivity index (χ0n) is 12.2. The van der Waals surface area contributed by atoms with Crippen LogP contribution in [-0.4, -0.2) is 35.0 Å². The Labute approximate surface area is 116 Å². The summed E-state index contributed by atoms with van der Waals surface area (Å²) >= 11 is 0. The number of aliphatic carboxylic acids is 1. The molecule has 110 valence electrons. The number of carboxylic acids is 1. The molecule has 1 amide bonds. The van der Waals surface area contributed by atoms with E-state index in [1.807, 2.05) is 13.8 Å². The van der Waals surface area contributed by atoms with Crippen molar-refractivity contribution in [2.75, 3.05) is 13.1 Å². The lowest BCUT2D eigenvalue weighted by Gasteiger charge is -2.25. The van der Waals surface area contributed by atoms with Crippen LogP contribution in [0.1, 0.15) is 58.8 Å². The van der Waals surface area contributed by atoms with E-state index in [1.165, 1.54) is 30.6 Å². The minimum atomic E-state index is -0.921. The van der Waals surface area contributed by atoms with Crippen molar-refractivity contribution in [1.29, 1.82) is 0 Å². The summed E-state index contributed by atoms with van der Waals surface area (Å²) in [6.07, 6.45) is 7.73. The highest BCUT2D eigenvalue weighted by Gasteiger charge is 2.22. The largest absolute Gasteiger partial charge is 0.480 e. The zero-order valence-corrected chi connectivity index (χ0v) is 12.2. The average molecular weight is 269 g/mol. The maximum atomic E-state index is 12.3. The number of carbonyl (C=O) groups is 2. The summed E-state index contributed by atoms with van der Waals surface area (Å²) in [5.41, 5.74) is 0. The van der Waals surface area contributed by atoms with Crippen LogP contribution in [0.5, 0.6) is 0 Å². The van der Waals surface area contributed by atoms with Gasteiger partial charge in [-0.25, -0.2) is 0 Å². The molecule has 1 N–H and O–H groups in total. The molecule has 19 heavy (non-hydrogen) atoms. The van der Waals surface area contributed by atoms with Gasteiger partial charge < -0.3 is 10.0 Å². The molecule has 1 saturated carbocycles. The van der Waals surface area contributed by atoms with Crippen LogP contribution < -0.4 is 0 Å². The molecule has 0 aliphatic heterocycles. The highest BCUT2D eigenvalue weighted by Crippen LogP contribution is 2.26. The lowest BCUT2D eigenvalue weighted by Crippen LogP contribution is -2.39. The quantitative estimate of drug-likeness (QED) is 0.754. The molecule has 0 aromatic rings. The van der Waals surface area contributed by atoms with Crippen LogP contribution in [-0.2, 0) is 9.59 Å². The molecule has 4 nitrogen and oxygen atoms in total. The molecule has 0 unspecified atom stereocenters. The van der Waals surface area contributed by atoms with Crippen LogP contribution in [0.3, 0.4) is 0 Å². The summed E-state index contributed by atoms with van der Waals surface area (Å²) in [4.78, 5) is 24.6. The Balaban J connectivity index is 2.51. The molecule has 1 fully saturated rings. The Bertz CT molecular complexity index is 294. The second kappa shape index (κ2) is 8.18. The third-order valence-corrected chi connectivity index (χ3v) is 3.70. The number of carbonyl (C=O) groups excluding carboxylic acids is 1. The van der Waals surface area contributed by atoms with Crippen LogP contribution in [0, 0.1) is 11.8 Å². The van der Waals surface area contributed by atoms with E-state index in [0.717, 1.165) is 12.8 Å². The van der Waals surface area contributed by atoms with E-state index in [2.05, 4.69) is 0 Å². The van der Waals surface area contributed by atoms with E-state index in [-0.39, 0.29) is 12.5 Å². The third kappa shape index (κ3) is 6.60. The highest BCUT2D eigenvalue weighted by molar-refractivity contribution is 5.81. The summed E-state index contributed by atoms with van der Waals surface area (Å²) in [5, 5.41) is 8.90. The number of hydrogen-bond donors (Lipinski definition) is 1. The van der Waals surface area contributed by atoms with Gasteiger partial charge in [-0.3, -0.25) is 9.59 Å². The van der Waals surface area contributed by atoms with Gasteiger partial charge in [-0.2, -0.15) is 0 Å². The van der Waals surface area contributed by atoms with Gasteiger partial charge in [-0.15, -0.1) is 0 Å². The first-order valence-corrected chi connectivity index (χ1v) is 7.48. The highest BCUT2D eigenvalue weighted by atomic mass is 16.4. The van der Waals surface area contributed by atoms with E-state index in [1.54, 1.807) is 0 Å². The third-order valence-electron chi connectivity index (χ3n) is 3.70. The van der Waals surface area contributed by atoms with E-state index in [4.69, 9.17) is 5.11 Å². The van der Waals surface area contributed by atoms with E-state index >= 15 is 0 Å². The van der Waals surface area contributed by atoms with Crippen LogP contribution >= 0.6 is 0 Å². The summed E-state index contributed by atoms with van der Waals surface area (Å²) in [6.45, 7) is 4.39. The van der Waals surface area contributed by atoms with Crippen molar-refractivity contribution in [3.05, 3.63) is 0 Å². The number of carboxylic acid groups (broad SMARTS) is 1. The monoisotopic (exact) mass is 269 g/mol. The summed E-state index contributed by atoms with van der Waals surface area (Å²) in [7, 11) is 0. The maximum Gasteiger partial charge on any atom is 0.323 e. The standard InChI is InChI=1S/C15H27NO3/c1-12(2)10-16(11-15(18)19)14(17)9-13-7-5-3-4-6-8-13/h12-13H,3-11H2,1-2H3,(H,18,19). The van der Waals surface area contributed by atoms with Crippen molar-refractivity contribution < 1.29 is 14.7 Å². The van der Waals surface area contributed by atoms with E-state index < -0.39 is 5.97 Å². The van der Waals surface area contributed by atoms with Gasteiger partial charge in [0.2, 0.25) is 5.91 Å². The van der Waals surface area contributed by atoms with Gasteiger partial charge >= 0.3 is 5.97 Å². The van der Waals surface area contributed by atoms with Crippen molar-refractivity contribution in [2.45, 2.75) is 58.8 Å². The fourth-order valence-electron chi connectivity index (χ4n) is 2.80. The second-order valence-electron chi connectivity index (χ2n) is 6.12. The fourth-order valence-corrected chi connectivity index (χ4v) is 2.80. The number of amides is 1. The number of hydrogen-bond acceptors (Lipinski definition) is 2. The van der Waals surface area contributed by atoms with Gasteiger partial charge in [-0.1, -0.05) is 39.5 Å². The molecule has 0 atom stereocenters. The van der Waals surface area contributed by atoms with Crippen LogP contribution in [0.25, 0.3) is 0 Å². The predicted molar refractivity (Wildman–Crippen MR) is 74.9 cm³/mol. The molecule has 4 heteroatoms. The minimum absolute atomic E-state index is 0.0167. The summed E-state index contributed by atoms with van der Waals surface area (Å²) in [6, 6.07) is 0. The fraction of sp³-hybridized carbons (Fsp3) is 0.867. The van der Waals surface area contributed by atoms with E-state index in [9.17, 15) is 9.59 Å². The molecule has 0 radical (unpaired) electrons. The van der Waals surface area contributed by atoms with Gasteiger partial charge in [0.25, 0.3) is 0 Å². The molecular formula is C15H27NO3. The lowest BCUT2D eigenvalue weighted by molar-refractivity contribution is -0.145. The van der Waals surface area contributed by atoms with Crippen molar-refractivity contribution in [1.82, 2.24) is 4.90 Å². The molecule has 1 aliphatic rings. The van der Waals surface area contributed by atoms with Gasteiger partial charge in [0.15, 0.2) is 0 Å². The topological polar surface area (TPSA) is 57.6 Å². The molecule has 1 rings (SSSR count). The molecule has 1 aliphatic carbocycles. The van der Waals surface area contributed by atoms with Crippen molar-refractivity contribution >= 4 is 11.9 Å². The first kappa shape index (κ1) is 16.0.